The van der Waals surface area contributed by atoms with Crippen molar-refractivity contribution in [2.45, 2.75) is 26.3 Å². The summed E-state index contributed by atoms with van der Waals surface area (Å²) < 4.78 is 13.3. The van der Waals surface area contributed by atoms with E-state index >= 15 is 0 Å². The minimum atomic E-state index is -0.647. The Morgan fingerprint density at radius 1 is 1.15 bits per heavy atom. The topological polar surface area (TPSA) is 61.4 Å². The molecule has 0 radical (unpaired) electrons. The smallest absolute Gasteiger partial charge is 0.321 e. The molecule has 0 bridgehead atoms. The number of hydrogen-bond acceptors (Lipinski definition) is 2. The van der Waals surface area contributed by atoms with Gasteiger partial charge in [0.05, 0.1) is 5.41 Å². The van der Waals surface area contributed by atoms with Crippen molar-refractivity contribution < 1.29 is 14.0 Å². The second-order valence-corrected chi connectivity index (χ2v) is 7.19. The Balaban J connectivity index is 1.59. The quantitative estimate of drug-likeness (QED) is 0.862. The fourth-order valence-corrected chi connectivity index (χ4v) is 3.36. The fraction of sp³-hybridized carbons (Fsp3) is 0.333. The number of hydrogen-bond donors (Lipinski definition) is 2. The van der Waals surface area contributed by atoms with Crippen LogP contribution in [0.1, 0.15) is 25.3 Å². The third-order valence-electron chi connectivity index (χ3n) is 4.90. The molecule has 0 unspecified atom stereocenters. The number of halogens is 1. The first kappa shape index (κ1) is 18.9. The van der Waals surface area contributed by atoms with Crippen LogP contribution in [0.15, 0.2) is 54.6 Å². The standard InChI is InChI=1S/C21H24FN3O2/c1-21(19(26)23-14-16-7-3-2-4-8-16)11-6-12-25(15-21)20(27)24-18-10-5-9-17(22)13-18/h2-5,7-10,13H,6,11-12,14-15H2,1H3,(H,23,26)(H,24,27)/t21-/m0/s1. The summed E-state index contributed by atoms with van der Waals surface area (Å²) in [5, 5.41) is 5.68. The SMILES string of the molecule is C[C@]1(C(=O)NCc2ccccc2)CCCN(C(=O)Nc2cccc(F)c2)C1. The van der Waals surface area contributed by atoms with Crippen LogP contribution in [0.25, 0.3) is 0 Å². The number of carbonyl (C=O) groups is 2. The normalized spacial score (nSPS) is 19.4. The van der Waals surface area contributed by atoms with Crippen molar-refractivity contribution in [3.05, 3.63) is 66.0 Å². The highest BCUT2D eigenvalue weighted by molar-refractivity contribution is 5.90. The summed E-state index contributed by atoms with van der Waals surface area (Å²) >= 11 is 0. The number of urea groups is 1. The van der Waals surface area contributed by atoms with Crippen LogP contribution in [-0.2, 0) is 11.3 Å². The van der Waals surface area contributed by atoms with Gasteiger partial charge in [-0.3, -0.25) is 4.79 Å². The highest BCUT2D eigenvalue weighted by Gasteiger charge is 2.39. The number of amides is 3. The molecule has 2 N–H and O–H groups in total. The zero-order valence-electron chi connectivity index (χ0n) is 15.4. The average molecular weight is 369 g/mol. The number of benzene rings is 2. The molecule has 2 aromatic carbocycles. The molecule has 1 fully saturated rings. The van der Waals surface area contributed by atoms with E-state index in [9.17, 15) is 14.0 Å². The summed E-state index contributed by atoms with van der Waals surface area (Å²) in [6.07, 6.45) is 1.46. The minimum Gasteiger partial charge on any atom is -0.351 e. The van der Waals surface area contributed by atoms with Crippen LogP contribution in [0.4, 0.5) is 14.9 Å². The second kappa shape index (κ2) is 8.20. The molecule has 0 spiro atoms. The Bertz CT molecular complexity index is 812. The van der Waals surface area contributed by atoms with Gasteiger partial charge < -0.3 is 15.5 Å². The van der Waals surface area contributed by atoms with Gasteiger partial charge in [-0.1, -0.05) is 36.4 Å². The van der Waals surface area contributed by atoms with Crippen molar-refractivity contribution in [2.75, 3.05) is 18.4 Å². The van der Waals surface area contributed by atoms with Gasteiger partial charge in [0.15, 0.2) is 0 Å². The molecular formula is C21H24FN3O2. The number of piperidine rings is 1. The number of nitrogens with zero attached hydrogens (tertiary/aromatic N) is 1. The maximum atomic E-state index is 13.3. The van der Waals surface area contributed by atoms with Crippen molar-refractivity contribution in [3.8, 4) is 0 Å². The number of rotatable bonds is 4. The first-order valence-electron chi connectivity index (χ1n) is 9.10. The van der Waals surface area contributed by atoms with Crippen LogP contribution in [0.5, 0.6) is 0 Å². The molecule has 1 saturated heterocycles. The van der Waals surface area contributed by atoms with Crippen LogP contribution < -0.4 is 10.6 Å². The lowest BCUT2D eigenvalue weighted by Crippen LogP contribution is -2.52. The van der Waals surface area contributed by atoms with E-state index in [1.165, 1.54) is 12.1 Å². The largest absolute Gasteiger partial charge is 0.351 e. The van der Waals surface area contributed by atoms with E-state index < -0.39 is 11.2 Å². The molecule has 0 aliphatic carbocycles. The molecule has 3 amide bonds. The summed E-state index contributed by atoms with van der Waals surface area (Å²) in [7, 11) is 0. The third-order valence-corrected chi connectivity index (χ3v) is 4.90. The van der Waals surface area contributed by atoms with E-state index in [1.807, 2.05) is 37.3 Å². The van der Waals surface area contributed by atoms with Crippen molar-refractivity contribution in [2.24, 2.45) is 5.41 Å². The van der Waals surface area contributed by atoms with Gasteiger partial charge in [0.1, 0.15) is 5.82 Å². The van der Waals surface area contributed by atoms with Gasteiger partial charge in [-0.25, -0.2) is 9.18 Å². The van der Waals surface area contributed by atoms with Crippen LogP contribution in [-0.4, -0.2) is 29.9 Å². The van der Waals surface area contributed by atoms with Gasteiger partial charge in [0, 0.05) is 25.3 Å². The van der Waals surface area contributed by atoms with Gasteiger partial charge in [-0.2, -0.15) is 0 Å². The molecule has 6 heteroatoms. The zero-order chi connectivity index (χ0) is 19.3. The molecule has 2 aromatic rings. The Labute approximate surface area is 158 Å². The maximum absolute atomic E-state index is 13.3. The third kappa shape index (κ3) is 4.84. The van der Waals surface area contributed by atoms with E-state index in [1.54, 1.807) is 17.0 Å². The zero-order valence-corrected chi connectivity index (χ0v) is 15.4. The van der Waals surface area contributed by atoms with Crippen molar-refractivity contribution in [1.82, 2.24) is 10.2 Å². The van der Waals surface area contributed by atoms with E-state index in [4.69, 9.17) is 0 Å². The highest BCUT2D eigenvalue weighted by atomic mass is 19.1. The summed E-state index contributed by atoms with van der Waals surface area (Å²) in [6, 6.07) is 15.2. The van der Waals surface area contributed by atoms with Crippen LogP contribution in [0.2, 0.25) is 0 Å². The number of carbonyl (C=O) groups excluding carboxylic acids is 2. The molecule has 1 atom stereocenters. The van der Waals surface area contributed by atoms with Crippen molar-refractivity contribution in [3.63, 3.8) is 0 Å². The lowest BCUT2D eigenvalue weighted by molar-refractivity contribution is -0.132. The molecule has 0 aromatic heterocycles. The van der Waals surface area contributed by atoms with E-state index in [-0.39, 0.29) is 11.9 Å². The maximum Gasteiger partial charge on any atom is 0.321 e. The monoisotopic (exact) mass is 369 g/mol. The Morgan fingerprint density at radius 3 is 2.67 bits per heavy atom. The van der Waals surface area contributed by atoms with Gasteiger partial charge in [-0.15, -0.1) is 0 Å². The summed E-state index contributed by atoms with van der Waals surface area (Å²) in [5.41, 5.74) is 0.790. The molecule has 27 heavy (non-hydrogen) atoms. The van der Waals surface area contributed by atoms with E-state index in [0.29, 0.717) is 25.3 Å². The minimum absolute atomic E-state index is 0.0605. The Kier molecular flexibility index (Phi) is 5.74. The molecule has 1 aliphatic rings. The van der Waals surface area contributed by atoms with E-state index in [2.05, 4.69) is 10.6 Å². The summed E-state index contributed by atoms with van der Waals surface area (Å²) in [6.45, 7) is 3.25. The predicted octanol–water partition coefficient (Wildman–Crippen LogP) is 3.78. The molecule has 1 heterocycles. The first-order chi connectivity index (χ1) is 13.0. The molecule has 0 saturated carbocycles. The van der Waals surface area contributed by atoms with Gasteiger partial charge in [0.25, 0.3) is 0 Å². The summed E-state index contributed by atoms with van der Waals surface area (Å²) in [5.74, 6) is -0.466. The fourth-order valence-electron chi connectivity index (χ4n) is 3.36. The number of likely N-dealkylation sites (tertiary alicyclic amines) is 1. The average Bonchev–Trinajstić information content (AvgIpc) is 2.67. The van der Waals surface area contributed by atoms with Gasteiger partial charge >= 0.3 is 6.03 Å². The summed E-state index contributed by atoms with van der Waals surface area (Å²) in [4.78, 5) is 26.9. The lowest BCUT2D eigenvalue weighted by atomic mass is 9.81. The molecule has 142 valence electrons. The number of anilines is 1. The van der Waals surface area contributed by atoms with Crippen LogP contribution >= 0.6 is 0 Å². The first-order valence-corrected chi connectivity index (χ1v) is 9.10. The molecule has 1 aliphatic heterocycles. The molecular weight excluding hydrogens is 345 g/mol. The Hall–Kier alpha value is -2.89. The van der Waals surface area contributed by atoms with Gasteiger partial charge in [0.2, 0.25) is 5.91 Å². The number of nitrogens with one attached hydrogen (secondary N) is 2. The van der Waals surface area contributed by atoms with Crippen LogP contribution in [0, 0.1) is 11.2 Å². The predicted molar refractivity (Wildman–Crippen MR) is 103 cm³/mol. The van der Waals surface area contributed by atoms with Crippen molar-refractivity contribution >= 4 is 17.6 Å². The Morgan fingerprint density at radius 2 is 1.93 bits per heavy atom. The highest BCUT2D eigenvalue weighted by Crippen LogP contribution is 2.30. The van der Waals surface area contributed by atoms with Crippen LogP contribution in [0.3, 0.4) is 0 Å². The van der Waals surface area contributed by atoms with Crippen molar-refractivity contribution in [1.29, 1.82) is 0 Å². The molecule has 5 nitrogen and oxygen atoms in total. The molecule has 3 rings (SSSR count). The van der Waals surface area contributed by atoms with E-state index in [0.717, 1.165) is 18.4 Å². The second-order valence-electron chi connectivity index (χ2n) is 7.19. The lowest BCUT2D eigenvalue weighted by Gasteiger charge is -2.39. The van der Waals surface area contributed by atoms with Gasteiger partial charge in [-0.05, 0) is 43.5 Å².